The Balaban J connectivity index is 0.00000240. The molecule has 2 aromatic rings. The quantitative estimate of drug-likeness (QED) is 0.528. The largest absolute Gasteiger partial charge is 0.399 e. The molecular formula is C21H23ClN4O3. The Morgan fingerprint density at radius 3 is 2.79 bits per heavy atom. The maximum absolute atomic E-state index is 12.8. The maximum atomic E-state index is 12.8. The van der Waals surface area contributed by atoms with E-state index in [1.54, 1.807) is 24.3 Å². The van der Waals surface area contributed by atoms with Gasteiger partial charge in [-0.2, -0.15) is 0 Å². The van der Waals surface area contributed by atoms with Gasteiger partial charge in [-0.05, 0) is 60.2 Å². The van der Waals surface area contributed by atoms with Gasteiger partial charge in [0.2, 0.25) is 5.91 Å². The predicted octanol–water partition coefficient (Wildman–Crippen LogP) is 2.55. The van der Waals surface area contributed by atoms with Gasteiger partial charge < -0.3 is 16.4 Å². The molecule has 1 fully saturated rings. The highest BCUT2D eigenvalue weighted by molar-refractivity contribution is 6.02. The summed E-state index contributed by atoms with van der Waals surface area (Å²) in [7, 11) is 0. The van der Waals surface area contributed by atoms with E-state index in [1.807, 2.05) is 18.2 Å². The summed E-state index contributed by atoms with van der Waals surface area (Å²) in [5, 5.41) is 5.60. The topological polar surface area (TPSA) is 105 Å². The van der Waals surface area contributed by atoms with Crippen molar-refractivity contribution in [3.05, 3.63) is 64.7 Å². The van der Waals surface area contributed by atoms with Crippen molar-refractivity contribution in [1.29, 1.82) is 0 Å². The van der Waals surface area contributed by atoms with E-state index >= 15 is 0 Å². The van der Waals surface area contributed by atoms with E-state index < -0.39 is 6.03 Å². The maximum Gasteiger partial charge on any atom is 0.324 e. The molecule has 1 heterocycles. The summed E-state index contributed by atoms with van der Waals surface area (Å²) in [6, 6.07) is 12.4. The van der Waals surface area contributed by atoms with Crippen LogP contribution in [0.2, 0.25) is 0 Å². The first kappa shape index (κ1) is 20.7. The number of nitrogens with zero attached hydrogens (tertiary/aromatic N) is 1. The van der Waals surface area contributed by atoms with Crippen LogP contribution in [0, 0.1) is 0 Å². The lowest BCUT2D eigenvalue weighted by atomic mass is 9.87. The molecular weight excluding hydrogens is 392 g/mol. The molecule has 29 heavy (non-hydrogen) atoms. The number of urea groups is 1. The molecule has 8 heteroatoms. The van der Waals surface area contributed by atoms with Crippen LogP contribution in [0.1, 0.15) is 45.9 Å². The third-order valence-corrected chi connectivity index (χ3v) is 5.25. The van der Waals surface area contributed by atoms with E-state index in [0.717, 1.165) is 41.0 Å². The van der Waals surface area contributed by atoms with Crippen LogP contribution in [0.4, 0.5) is 10.5 Å². The molecule has 0 spiro atoms. The number of anilines is 1. The number of nitrogens with one attached hydrogen (secondary N) is 2. The second kappa shape index (κ2) is 8.53. The van der Waals surface area contributed by atoms with E-state index in [9.17, 15) is 14.4 Å². The molecule has 0 bridgehead atoms. The molecule has 2 aromatic carbocycles. The summed E-state index contributed by atoms with van der Waals surface area (Å²) in [6.07, 6.45) is 2.84. The molecule has 152 valence electrons. The molecule has 1 aliphatic carbocycles. The molecule has 7 nitrogen and oxygen atoms in total. The minimum atomic E-state index is -0.405. The number of fused-ring (bicyclic) bond motifs is 1. The molecule has 4 amide bonds. The highest BCUT2D eigenvalue weighted by atomic mass is 35.5. The van der Waals surface area contributed by atoms with Crippen molar-refractivity contribution < 1.29 is 14.4 Å². The standard InChI is InChI=1S/C21H22N4O3.ClH/c22-16-7-8-17-14(10-16)4-2-6-18(17)24-20(27)15-5-1-3-13(9-15)12-25-19(26)11-23-21(25)28;/h1,3,5,7-10,18H,2,4,6,11-12,22H2,(H,23,28)(H,24,27);1H. The molecule has 1 unspecified atom stereocenters. The van der Waals surface area contributed by atoms with Crippen molar-refractivity contribution in [1.82, 2.24) is 15.5 Å². The molecule has 4 rings (SSSR count). The van der Waals surface area contributed by atoms with Crippen molar-refractivity contribution >= 4 is 35.9 Å². The van der Waals surface area contributed by atoms with Crippen LogP contribution in [0.25, 0.3) is 0 Å². The average molecular weight is 415 g/mol. The van der Waals surface area contributed by atoms with Gasteiger partial charge in [-0.3, -0.25) is 14.5 Å². The zero-order chi connectivity index (χ0) is 19.7. The van der Waals surface area contributed by atoms with Crippen LogP contribution in [-0.4, -0.2) is 29.3 Å². The van der Waals surface area contributed by atoms with Crippen molar-refractivity contribution in [2.24, 2.45) is 0 Å². The number of nitrogens with two attached hydrogens (primary N) is 1. The highest BCUT2D eigenvalue weighted by Crippen LogP contribution is 2.31. The van der Waals surface area contributed by atoms with Crippen LogP contribution < -0.4 is 16.4 Å². The lowest BCUT2D eigenvalue weighted by Gasteiger charge is -2.26. The minimum absolute atomic E-state index is 0. The van der Waals surface area contributed by atoms with Gasteiger partial charge in [-0.25, -0.2) is 4.79 Å². The van der Waals surface area contributed by atoms with Gasteiger partial charge in [0, 0.05) is 11.3 Å². The van der Waals surface area contributed by atoms with Gasteiger partial charge in [0.25, 0.3) is 5.91 Å². The SMILES string of the molecule is Cl.Nc1ccc2c(c1)CCCC2NC(=O)c1cccc(CN2C(=O)CNC2=O)c1. The predicted molar refractivity (Wildman–Crippen MR) is 112 cm³/mol. The third-order valence-electron chi connectivity index (χ3n) is 5.25. The molecule has 1 aliphatic heterocycles. The Hall–Kier alpha value is -3.06. The van der Waals surface area contributed by atoms with E-state index in [0.29, 0.717) is 5.56 Å². The Morgan fingerprint density at radius 2 is 2.03 bits per heavy atom. The fourth-order valence-electron chi connectivity index (χ4n) is 3.83. The smallest absolute Gasteiger partial charge is 0.324 e. The lowest BCUT2D eigenvalue weighted by Crippen LogP contribution is -2.32. The van der Waals surface area contributed by atoms with Crippen LogP contribution in [0.5, 0.6) is 0 Å². The summed E-state index contributed by atoms with van der Waals surface area (Å²) < 4.78 is 0. The summed E-state index contributed by atoms with van der Waals surface area (Å²) in [6.45, 7) is 0.169. The molecule has 1 saturated heterocycles. The lowest BCUT2D eigenvalue weighted by molar-refractivity contribution is -0.125. The van der Waals surface area contributed by atoms with Crippen molar-refractivity contribution in [3.63, 3.8) is 0 Å². The van der Waals surface area contributed by atoms with Gasteiger partial charge in [-0.15, -0.1) is 12.4 Å². The van der Waals surface area contributed by atoms with Crippen molar-refractivity contribution in [2.45, 2.75) is 31.8 Å². The zero-order valence-electron chi connectivity index (χ0n) is 15.8. The van der Waals surface area contributed by atoms with Gasteiger partial charge >= 0.3 is 6.03 Å². The van der Waals surface area contributed by atoms with Gasteiger partial charge in [0.05, 0.1) is 19.1 Å². The number of hydrogen-bond acceptors (Lipinski definition) is 4. The normalized spacial score (nSPS) is 17.9. The number of carbonyl (C=O) groups is 3. The minimum Gasteiger partial charge on any atom is -0.399 e. The number of aryl methyl sites for hydroxylation is 1. The number of rotatable bonds is 4. The first-order valence-corrected chi connectivity index (χ1v) is 9.37. The number of imide groups is 1. The van der Waals surface area contributed by atoms with Gasteiger partial charge in [0.1, 0.15) is 0 Å². The number of amides is 4. The van der Waals surface area contributed by atoms with E-state index in [2.05, 4.69) is 10.6 Å². The molecule has 4 N–H and O–H groups in total. The average Bonchev–Trinajstić information content (AvgIpc) is 3.00. The molecule has 0 radical (unpaired) electrons. The van der Waals surface area contributed by atoms with Gasteiger partial charge in [-0.1, -0.05) is 18.2 Å². The second-order valence-corrected chi connectivity index (χ2v) is 7.22. The molecule has 2 aliphatic rings. The number of carbonyl (C=O) groups excluding carboxylic acids is 3. The monoisotopic (exact) mass is 414 g/mol. The van der Waals surface area contributed by atoms with Crippen LogP contribution in [0.3, 0.4) is 0 Å². The highest BCUT2D eigenvalue weighted by Gasteiger charge is 2.28. The molecule has 1 atom stereocenters. The number of benzene rings is 2. The summed E-state index contributed by atoms with van der Waals surface area (Å²) in [4.78, 5) is 37.4. The Morgan fingerprint density at radius 1 is 1.21 bits per heavy atom. The van der Waals surface area contributed by atoms with Gasteiger partial charge in [0.15, 0.2) is 0 Å². The van der Waals surface area contributed by atoms with E-state index in [-0.39, 0.29) is 43.4 Å². The summed E-state index contributed by atoms with van der Waals surface area (Å²) in [5.41, 5.74) is 10.2. The summed E-state index contributed by atoms with van der Waals surface area (Å²) in [5.74, 6) is -0.438. The Kier molecular flexibility index (Phi) is 6.08. The fourth-order valence-corrected chi connectivity index (χ4v) is 3.83. The third kappa shape index (κ3) is 4.35. The van der Waals surface area contributed by atoms with Crippen LogP contribution in [0.15, 0.2) is 42.5 Å². The van der Waals surface area contributed by atoms with Crippen LogP contribution in [-0.2, 0) is 17.8 Å². The van der Waals surface area contributed by atoms with E-state index in [4.69, 9.17) is 5.73 Å². The first-order valence-electron chi connectivity index (χ1n) is 9.37. The summed E-state index contributed by atoms with van der Waals surface area (Å²) >= 11 is 0. The number of nitrogen functional groups attached to an aromatic ring is 1. The number of hydrogen-bond donors (Lipinski definition) is 3. The zero-order valence-corrected chi connectivity index (χ0v) is 16.6. The molecule has 0 aromatic heterocycles. The fraction of sp³-hybridized carbons (Fsp3) is 0.286. The van der Waals surface area contributed by atoms with Crippen LogP contribution >= 0.6 is 12.4 Å². The van der Waals surface area contributed by atoms with Crippen molar-refractivity contribution in [3.8, 4) is 0 Å². The molecule has 0 saturated carbocycles. The number of halogens is 1. The Labute approximate surface area is 175 Å². The Bertz CT molecular complexity index is 947. The first-order chi connectivity index (χ1) is 13.5. The van der Waals surface area contributed by atoms with E-state index in [1.165, 1.54) is 5.56 Å². The second-order valence-electron chi connectivity index (χ2n) is 7.22. The van der Waals surface area contributed by atoms with Crippen molar-refractivity contribution in [2.75, 3.05) is 12.3 Å².